The first kappa shape index (κ1) is 15.0. The fraction of sp³-hybridized carbons (Fsp3) is 0.214. The number of hydrogen-bond donors (Lipinski definition) is 0. The molecule has 0 unspecified atom stereocenters. The lowest BCUT2D eigenvalue weighted by Gasteiger charge is -2.06. The molecule has 2 rings (SSSR count). The van der Waals surface area contributed by atoms with Gasteiger partial charge in [-0.05, 0) is 39.5 Å². The highest BCUT2D eigenvalue weighted by molar-refractivity contribution is 9.10. The summed E-state index contributed by atoms with van der Waals surface area (Å²) in [6.45, 7) is 4.26. The lowest BCUT2D eigenvalue weighted by Crippen LogP contribution is -1.93. The van der Waals surface area contributed by atoms with Gasteiger partial charge in [0.15, 0.2) is 5.03 Å². The average Bonchev–Trinajstić information content (AvgIpc) is 2.41. The van der Waals surface area contributed by atoms with Gasteiger partial charge in [-0.3, -0.25) is 10.1 Å². The lowest BCUT2D eigenvalue weighted by atomic mass is 10.0. The van der Waals surface area contributed by atoms with Gasteiger partial charge in [0.1, 0.15) is 0 Å². The van der Waals surface area contributed by atoms with E-state index in [1.807, 2.05) is 24.3 Å². The lowest BCUT2D eigenvalue weighted by molar-refractivity contribution is -0.388. The Kier molecular flexibility index (Phi) is 4.77. The fourth-order valence-electron chi connectivity index (χ4n) is 1.66. The maximum atomic E-state index is 11.0. The third-order valence-corrected chi connectivity index (χ3v) is 4.21. The van der Waals surface area contributed by atoms with E-state index < -0.39 is 4.92 Å². The van der Waals surface area contributed by atoms with Crippen molar-refractivity contribution >= 4 is 33.4 Å². The minimum atomic E-state index is -0.414. The van der Waals surface area contributed by atoms with E-state index in [1.54, 1.807) is 6.20 Å². The number of aromatic nitrogens is 1. The maximum Gasteiger partial charge on any atom is 0.302 e. The summed E-state index contributed by atoms with van der Waals surface area (Å²) in [4.78, 5) is 15.7. The molecule has 0 bridgehead atoms. The van der Waals surface area contributed by atoms with E-state index in [0.29, 0.717) is 15.4 Å². The zero-order valence-electron chi connectivity index (χ0n) is 11.0. The molecule has 0 fully saturated rings. The van der Waals surface area contributed by atoms with E-state index in [2.05, 4.69) is 34.8 Å². The molecule has 0 radical (unpaired) electrons. The molecule has 0 saturated heterocycles. The predicted octanol–water partition coefficient (Wildman–Crippen LogP) is 5.03. The highest BCUT2D eigenvalue weighted by Gasteiger charge is 2.17. The minimum Gasteiger partial charge on any atom is -0.258 e. The Morgan fingerprint density at radius 3 is 2.50 bits per heavy atom. The summed E-state index contributed by atoms with van der Waals surface area (Å²) in [5.74, 6) is 0.467. The first-order chi connectivity index (χ1) is 9.47. The summed E-state index contributed by atoms with van der Waals surface area (Å²) in [6, 6.07) is 9.48. The normalized spacial score (nSPS) is 10.8. The van der Waals surface area contributed by atoms with Crippen LogP contribution >= 0.6 is 27.7 Å². The molecule has 0 aliphatic heterocycles. The molecule has 0 atom stereocenters. The van der Waals surface area contributed by atoms with Crippen molar-refractivity contribution in [2.75, 3.05) is 0 Å². The predicted molar refractivity (Wildman–Crippen MR) is 83.2 cm³/mol. The summed E-state index contributed by atoms with van der Waals surface area (Å²) in [5.41, 5.74) is 1.25. The summed E-state index contributed by atoms with van der Waals surface area (Å²) in [6.07, 6.45) is 1.57. The van der Waals surface area contributed by atoms with Crippen LogP contribution in [0.4, 0.5) is 5.69 Å². The van der Waals surface area contributed by atoms with E-state index in [1.165, 1.54) is 23.4 Å². The van der Waals surface area contributed by atoms with Crippen molar-refractivity contribution in [1.82, 2.24) is 4.98 Å². The van der Waals surface area contributed by atoms with Gasteiger partial charge in [0, 0.05) is 21.6 Å². The second-order valence-electron chi connectivity index (χ2n) is 4.56. The fourth-order valence-corrected chi connectivity index (χ4v) is 2.82. The molecule has 0 spiro atoms. The molecule has 0 amide bonds. The summed E-state index contributed by atoms with van der Waals surface area (Å²) in [5, 5.41) is 11.4. The maximum absolute atomic E-state index is 11.0. The Morgan fingerprint density at radius 1 is 1.30 bits per heavy atom. The SMILES string of the molecule is CC(C)c1ccc(Sc2ncc(Br)cc2[N+](=O)[O-])cc1. The number of nitrogens with zero attached hydrogens (tertiary/aromatic N) is 2. The number of rotatable bonds is 4. The van der Waals surface area contributed by atoms with Crippen molar-refractivity contribution in [2.45, 2.75) is 29.7 Å². The molecule has 0 aliphatic rings. The van der Waals surface area contributed by atoms with Crippen molar-refractivity contribution in [3.63, 3.8) is 0 Å². The zero-order chi connectivity index (χ0) is 14.7. The largest absolute Gasteiger partial charge is 0.302 e. The van der Waals surface area contributed by atoms with Crippen LogP contribution in [0.2, 0.25) is 0 Å². The highest BCUT2D eigenvalue weighted by Crippen LogP contribution is 2.34. The van der Waals surface area contributed by atoms with Crippen LogP contribution in [0.5, 0.6) is 0 Å². The standard InChI is InChI=1S/C14H13BrN2O2S/c1-9(2)10-3-5-12(6-4-10)20-14-13(17(18)19)7-11(15)8-16-14/h3-9H,1-2H3. The van der Waals surface area contributed by atoms with Gasteiger partial charge >= 0.3 is 5.69 Å². The Labute approximate surface area is 129 Å². The number of halogens is 1. The first-order valence-electron chi connectivity index (χ1n) is 6.05. The van der Waals surface area contributed by atoms with E-state index in [0.717, 1.165) is 4.90 Å². The van der Waals surface area contributed by atoms with Crippen LogP contribution in [0.1, 0.15) is 25.3 Å². The van der Waals surface area contributed by atoms with Crippen molar-refractivity contribution in [3.8, 4) is 0 Å². The molecule has 0 aliphatic carbocycles. The van der Waals surface area contributed by atoms with Gasteiger partial charge in [-0.1, -0.05) is 37.7 Å². The molecular formula is C14H13BrN2O2S. The summed E-state index contributed by atoms with van der Waals surface area (Å²) < 4.78 is 0.601. The third-order valence-electron chi connectivity index (χ3n) is 2.76. The molecular weight excluding hydrogens is 340 g/mol. The summed E-state index contributed by atoms with van der Waals surface area (Å²) >= 11 is 4.50. The average molecular weight is 353 g/mol. The molecule has 1 aromatic heterocycles. The molecule has 0 N–H and O–H groups in total. The van der Waals surface area contributed by atoms with Crippen LogP contribution in [0.25, 0.3) is 0 Å². The second kappa shape index (κ2) is 6.37. The molecule has 4 nitrogen and oxygen atoms in total. The number of benzene rings is 1. The molecule has 20 heavy (non-hydrogen) atoms. The van der Waals surface area contributed by atoms with Crippen molar-refractivity contribution in [3.05, 3.63) is 56.7 Å². The highest BCUT2D eigenvalue weighted by atomic mass is 79.9. The zero-order valence-corrected chi connectivity index (χ0v) is 13.4. The van der Waals surface area contributed by atoms with E-state index in [4.69, 9.17) is 0 Å². The van der Waals surface area contributed by atoms with Crippen molar-refractivity contribution in [1.29, 1.82) is 0 Å². The molecule has 1 aromatic carbocycles. The van der Waals surface area contributed by atoms with Gasteiger partial charge in [-0.25, -0.2) is 4.98 Å². The van der Waals surface area contributed by atoms with Crippen molar-refractivity contribution in [2.24, 2.45) is 0 Å². The number of pyridine rings is 1. The number of hydrogen-bond acceptors (Lipinski definition) is 4. The van der Waals surface area contributed by atoms with Crippen LogP contribution in [-0.4, -0.2) is 9.91 Å². The van der Waals surface area contributed by atoms with Crippen molar-refractivity contribution < 1.29 is 4.92 Å². The van der Waals surface area contributed by atoms with E-state index >= 15 is 0 Å². The van der Waals surface area contributed by atoms with Crippen LogP contribution in [0.15, 0.2) is 50.9 Å². The van der Waals surface area contributed by atoms with Gasteiger partial charge in [0.25, 0.3) is 0 Å². The van der Waals surface area contributed by atoms with Gasteiger partial charge < -0.3 is 0 Å². The minimum absolute atomic E-state index is 0.0114. The van der Waals surface area contributed by atoms with Crippen LogP contribution in [-0.2, 0) is 0 Å². The molecule has 104 valence electrons. The molecule has 2 aromatic rings. The van der Waals surface area contributed by atoms with E-state index in [9.17, 15) is 10.1 Å². The second-order valence-corrected chi connectivity index (χ2v) is 6.54. The van der Waals surface area contributed by atoms with Crippen LogP contribution < -0.4 is 0 Å². The smallest absolute Gasteiger partial charge is 0.258 e. The Morgan fingerprint density at radius 2 is 1.95 bits per heavy atom. The topological polar surface area (TPSA) is 56.0 Å². The summed E-state index contributed by atoms with van der Waals surface area (Å²) in [7, 11) is 0. The van der Waals surface area contributed by atoms with Crippen LogP contribution in [0, 0.1) is 10.1 Å². The Hall–Kier alpha value is -1.40. The third kappa shape index (κ3) is 3.58. The van der Waals surface area contributed by atoms with Gasteiger partial charge in [-0.15, -0.1) is 0 Å². The van der Waals surface area contributed by atoms with Gasteiger partial charge in [0.05, 0.1) is 4.92 Å². The Bertz CT molecular complexity index is 630. The van der Waals surface area contributed by atoms with Gasteiger partial charge in [0.2, 0.25) is 0 Å². The van der Waals surface area contributed by atoms with E-state index in [-0.39, 0.29) is 5.69 Å². The quantitative estimate of drug-likeness (QED) is 0.572. The Balaban J connectivity index is 2.28. The van der Waals surface area contributed by atoms with Gasteiger partial charge in [-0.2, -0.15) is 0 Å². The molecule has 0 saturated carbocycles. The molecule has 1 heterocycles. The number of nitro groups is 1. The molecule has 6 heteroatoms. The van der Waals surface area contributed by atoms with Crippen LogP contribution in [0.3, 0.4) is 0 Å². The monoisotopic (exact) mass is 352 g/mol. The first-order valence-corrected chi connectivity index (χ1v) is 7.66.